The number of ether oxygens (including phenoxy) is 2. The summed E-state index contributed by atoms with van der Waals surface area (Å²) < 4.78 is 44.5. The highest BCUT2D eigenvalue weighted by atomic mass is 19.2. The van der Waals surface area contributed by atoms with Crippen LogP contribution in [0.3, 0.4) is 0 Å². The van der Waals surface area contributed by atoms with E-state index in [1.165, 1.54) is 23.8 Å². The smallest absolute Gasteiger partial charge is 0.251 e. The minimum Gasteiger partial charge on any atom is -0.470 e. The van der Waals surface area contributed by atoms with E-state index in [9.17, 15) is 14.0 Å². The van der Waals surface area contributed by atoms with E-state index in [1.807, 2.05) is 15.8 Å². The number of halogens is 2. The number of likely N-dealkylation sites (tertiary alicyclic amines) is 1. The van der Waals surface area contributed by atoms with Gasteiger partial charge in [-0.05, 0) is 31.0 Å². The van der Waals surface area contributed by atoms with Crippen LogP contribution in [0.4, 0.5) is 8.78 Å². The van der Waals surface area contributed by atoms with Gasteiger partial charge in [-0.15, -0.1) is 5.10 Å². The summed E-state index contributed by atoms with van der Waals surface area (Å²) >= 11 is 0. The molecule has 11 nitrogen and oxygen atoms in total. The van der Waals surface area contributed by atoms with Crippen LogP contribution in [-0.2, 0) is 9.53 Å². The molecule has 2 aliphatic heterocycles. The number of nitrogens with zero attached hydrogens (tertiary/aromatic N) is 6. The molecule has 3 aromatic heterocycles. The predicted molar refractivity (Wildman–Crippen MR) is 143 cm³/mol. The summed E-state index contributed by atoms with van der Waals surface area (Å²) in [5, 5.41) is 11.7. The van der Waals surface area contributed by atoms with Crippen molar-refractivity contribution in [3.05, 3.63) is 54.0 Å². The maximum atomic E-state index is 15.0. The molecule has 2 saturated heterocycles. The molecule has 0 radical (unpaired) electrons. The number of benzene rings is 1. The Hall–Kier alpha value is -4.39. The van der Waals surface area contributed by atoms with Crippen molar-refractivity contribution >= 4 is 17.5 Å². The first-order chi connectivity index (χ1) is 19.8. The minimum absolute atomic E-state index is 0.0332. The van der Waals surface area contributed by atoms with Crippen molar-refractivity contribution in [3.63, 3.8) is 0 Å². The zero-order valence-electron chi connectivity index (χ0n) is 22.6. The summed E-state index contributed by atoms with van der Waals surface area (Å²) in [6.07, 6.45) is 7.07. The SMILES string of the molecule is CNC(=O)c1cc(F)c(F)c(-c2cnc3cc(-c4cnn(C5CCN(C(C)=O)CC5)c4)c(OC4CCOC4)nn23)c1. The van der Waals surface area contributed by atoms with E-state index in [-0.39, 0.29) is 40.8 Å². The predicted octanol–water partition coefficient (Wildman–Crippen LogP) is 3.25. The van der Waals surface area contributed by atoms with Crippen molar-refractivity contribution in [1.29, 1.82) is 0 Å². The largest absolute Gasteiger partial charge is 0.470 e. The fourth-order valence-corrected chi connectivity index (χ4v) is 5.31. The second-order valence-electron chi connectivity index (χ2n) is 10.2. The van der Waals surface area contributed by atoms with Crippen molar-refractivity contribution in [3.8, 4) is 28.3 Å². The molecule has 1 N–H and O–H groups in total. The molecule has 41 heavy (non-hydrogen) atoms. The van der Waals surface area contributed by atoms with Gasteiger partial charge in [-0.2, -0.15) is 5.10 Å². The Morgan fingerprint density at radius 3 is 2.61 bits per heavy atom. The number of imidazole rings is 1. The normalized spacial score (nSPS) is 17.8. The highest BCUT2D eigenvalue weighted by molar-refractivity contribution is 5.95. The number of rotatable bonds is 6. The number of carbonyl (C=O) groups is 2. The second kappa shape index (κ2) is 10.9. The lowest BCUT2D eigenvalue weighted by Crippen LogP contribution is -2.37. The first-order valence-electron chi connectivity index (χ1n) is 13.5. The van der Waals surface area contributed by atoms with Gasteiger partial charge in [0, 0.05) is 56.4 Å². The minimum atomic E-state index is -1.16. The third-order valence-corrected chi connectivity index (χ3v) is 7.62. The van der Waals surface area contributed by atoms with Crippen molar-refractivity contribution < 1.29 is 27.8 Å². The number of hydrogen-bond acceptors (Lipinski definition) is 7. The Bertz CT molecular complexity index is 1620. The Balaban J connectivity index is 1.40. The lowest BCUT2D eigenvalue weighted by atomic mass is 10.1. The fourth-order valence-electron chi connectivity index (χ4n) is 5.31. The molecule has 0 saturated carbocycles. The van der Waals surface area contributed by atoms with Gasteiger partial charge in [0.15, 0.2) is 17.3 Å². The van der Waals surface area contributed by atoms with Gasteiger partial charge in [0.2, 0.25) is 11.8 Å². The van der Waals surface area contributed by atoms with Crippen LogP contribution in [0.2, 0.25) is 0 Å². The molecule has 5 heterocycles. The van der Waals surface area contributed by atoms with Crippen molar-refractivity contribution in [2.24, 2.45) is 0 Å². The maximum absolute atomic E-state index is 15.0. The number of nitrogens with one attached hydrogen (secondary N) is 1. The molecule has 0 aliphatic carbocycles. The van der Waals surface area contributed by atoms with Crippen LogP contribution < -0.4 is 10.1 Å². The topological polar surface area (TPSA) is 116 Å². The van der Waals surface area contributed by atoms with Crippen LogP contribution >= 0.6 is 0 Å². The lowest BCUT2D eigenvalue weighted by Gasteiger charge is -2.31. The van der Waals surface area contributed by atoms with Gasteiger partial charge < -0.3 is 19.7 Å². The Morgan fingerprint density at radius 1 is 1.10 bits per heavy atom. The quantitative estimate of drug-likeness (QED) is 0.382. The highest BCUT2D eigenvalue weighted by Gasteiger charge is 2.26. The summed E-state index contributed by atoms with van der Waals surface area (Å²) in [5.41, 5.74) is 1.74. The Kier molecular flexibility index (Phi) is 7.12. The molecule has 0 bridgehead atoms. The zero-order valence-corrected chi connectivity index (χ0v) is 22.6. The molecule has 2 aliphatic rings. The van der Waals surface area contributed by atoms with E-state index < -0.39 is 17.5 Å². The first kappa shape index (κ1) is 26.8. The van der Waals surface area contributed by atoms with E-state index in [0.29, 0.717) is 43.9 Å². The molecule has 1 atom stereocenters. The van der Waals surface area contributed by atoms with Crippen LogP contribution in [0.15, 0.2) is 36.8 Å². The summed E-state index contributed by atoms with van der Waals surface area (Å²) in [7, 11) is 1.41. The number of aromatic nitrogens is 5. The molecule has 4 aromatic rings. The number of carbonyl (C=O) groups excluding carboxylic acids is 2. The van der Waals surface area contributed by atoms with E-state index >= 15 is 4.39 Å². The van der Waals surface area contributed by atoms with E-state index in [0.717, 1.165) is 24.5 Å². The molecular weight excluding hydrogens is 536 g/mol. The third-order valence-electron chi connectivity index (χ3n) is 7.62. The van der Waals surface area contributed by atoms with Gasteiger partial charge in [-0.25, -0.2) is 18.3 Å². The monoisotopic (exact) mass is 565 g/mol. The number of piperidine rings is 1. The molecule has 2 amide bonds. The van der Waals surface area contributed by atoms with Crippen molar-refractivity contribution in [2.45, 2.75) is 38.3 Å². The second-order valence-corrected chi connectivity index (χ2v) is 10.2. The summed E-state index contributed by atoms with van der Waals surface area (Å²) in [6.45, 7) is 3.89. The van der Waals surface area contributed by atoms with Gasteiger partial charge in [0.05, 0.1) is 42.9 Å². The summed E-state index contributed by atoms with van der Waals surface area (Å²) in [4.78, 5) is 30.1. The van der Waals surface area contributed by atoms with E-state index in [4.69, 9.17) is 9.47 Å². The van der Waals surface area contributed by atoms with E-state index in [1.54, 1.807) is 19.2 Å². The molecular formula is C28H29F2N7O4. The molecule has 6 rings (SSSR count). The van der Waals surface area contributed by atoms with Crippen molar-refractivity contribution in [1.82, 2.24) is 34.6 Å². The summed E-state index contributed by atoms with van der Waals surface area (Å²) in [6, 6.07) is 4.02. The molecule has 1 unspecified atom stereocenters. The van der Waals surface area contributed by atoms with Gasteiger partial charge in [-0.1, -0.05) is 0 Å². The van der Waals surface area contributed by atoms with Crippen molar-refractivity contribution in [2.75, 3.05) is 33.4 Å². The number of amides is 2. The maximum Gasteiger partial charge on any atom is 0.251 e. The number of fused-ring (bicyclic) bond motifs is 1. The molecule has 214 valence electrons. The third kappa shape index (κ3) is 5.12. The first-order valence-corrected chi connectivity index (χ1v) is 13.5. The number of hydrogen-bond donors (Lipinski definition) is 1. The standard InChI is InChI=1S/C28H29F2N7O4/c1-16(38)35-6-3-19(4-7-35)36-14-18(12-33-36)21-11-25-32-13-24(37(25)34-28(21)41-20-5-8-40-15-20)22-9-17(27(39)31-2)10-23(29)26(22)30/h9-14,19-20H,3-8,15H2,1-2H3,(H,31,39). The lowest BCUT2D eigenvalue weighted by molar-refractivity contribution is -0.130. The van der Waals surface area contributed by atoms with Gasteiger partial charge >= 0.3 is 0 Å². The van der Waals surface area contributed by atoms with Crippen LogP contribution in [0, 0.1) is 11.6 Å². The van der Waals surface area contributed by atoms with Crippen LogP contribution in [0.1, 0.15) is 42.6 Å². The fraction of sp³-hybridized carbons (Fsp3) is 0.393. The average Bonchev–Trinajstić information content (AvgIpc) is 3.75. The molecule has 13 heteroatoms. The van der Waals surface area contributed by atoms with Crippen LogP contribution in [-0.4, -0.2) is 80.5 Å². The van der Waals surface area contributed by atoms with Crippen LogP contribution in [0.5, 0.6) is 5.88 Å². The average molecular weight is 566 g/mol. The molecule has 2 fully saturated rings. The Morgan fingerprint density at radius 2 is 1.90 bits per heavy atom. The van der Waals surface area contributed by atoms with Gasteiger partial charge in [0.25, 0.3) is 5.91 Å². The zero-order chi connectivity index (χ0) is 28.7. The summed E-state index contributed by atoms with van der Waals surface area (Å²) in [5.74, 6) is -2.49. The van der Waals surface area contributed by atoms with Gasteiger partial charge in [-0.3, -0.25) is 14.3 Å². The van der Waals surface area contributed by atoms with Crippen LogP contribution in [0.25, 0.3) is 28.0 Å². The Labute approximate surface area is 234 Å². The molecule has 0 spiro atoms. The van der Waals surface area contributed by atoms with Gasteiger partial charge in [0.1, 0.15) is 6.10 Å². The molecule has 1 aromatic carbocycles. The highest BCUT2D eigenvalue weighted by Crippen LogP contribution is 2.34. The van der Waals surface area contributed by atoms with E-state index in [2.05, 4.69) is 20.5 Å².